The van der Waals surface area contributed by atoms with Crippen molar-refractivity contribution in [3.8, 4) is 0 Å². The first-order valence-corrected chi connectivity index (χ1v) is 5.14. The van der Waals surface area contributed by atoms with Crippen LogP contribution in [0.5, 0.6) is 0 Å². The molecule has 0 bridgehead atoms. The highest BCUT2D eigenvalue weighted by molar-refractivity contribution is 4.57. The first-order valence-electron chi connectivity index (χ1n) is 5.14. The van der Waals surface area contributed by atoms with Crippen molar-refractivity contribution >= 4 is 0 Å². The second-order valence-corrected chi connectivity index (χ2v) is 3.21. The summed E-state index contributed by atoms with van der Waals surface area (Å²) in [4.78, 5) is 0. The topological polar surface area (TPSA) is 84.8 Å². The highest BCUT2D eigenvalue weighted by Crippen LogP contribution is 1.89. The van der Waals surface area contributed by atoms with Crippen LogP contribution < -0.4 is 10.6 Å². The van der Waals surface area contributed by atoms with Crippen LogP contribution in [0.3, 0.4) is 0 Å². The number of nitrogens with one attached hydrogen (secondary N) is 2. The molecule has 0 fully saturated rings. The number of aliphatic hydroxyl groups is 3. The smallest absolute Gasteiger partial charge is 0.106 e. The Morgan fingerprint density at radius 3 is 2.29 bits per heavy atom. The molecule has 0 radical (unpaired) electrons. The van der Waals surface area contributed by atoms with Gasteiger partial charge < -0.3 is 15.3 Å². The molecule has 0 spiro atoms. The lowest BCUT2D eigenvalue weighted by Crippen LogP contribution is -2.36. The molecule has 2 unspecified atom stereocenters. The predicted molar refractivity (Wildman–Crippen MR) is 54.6 cm³/mol. The van der Waals surface area contributed by atoms with Crippen molar-refractivity contribution in [2.24, 2.45) is 0 Å². The van der Waals surface area contributed by atoms with Gasteiger partial charge in [-0.15, -0.1) is 0 Å². The number of rotatable bonds is 9. The van der Waals surface area contributed by atoms with Crippen molar-refractivity contribution in [2.45, 2.75) is 38.6 Å². The van der Waals surface area contributed by atoms with E-state index in [0.717, 1.165) is 0 Å². The number of hydrogen-bond donors (Lipinski definition) is 5. The number of hydrogen-bond acceptors (Lipinski definition) is 5. The molecule has 0 aliphatic carbocycles. The van der Waals surface area contributed by atoms with Crippen molar-refractivity contribution < 1.29 is 15.3 Å². The largest absolute Gasteiger partial charge is 0.396 e. The lowest BCUT2D eigenvalue weighted by Gasteiger charge is -2.14. The molecule has 0 aromatic heterocycles. The Balaban J connectivity index is 3.21. The number of aliphatic hydroxyl groups excluding tert-OH is 3. The summed E-state index contributed by atoms with van der Waals surface area (Å²) in [5.74, 6) is 0. The Morgan fingerprint density at radius 1 is 1.07 bits per heavy atom. The lowest BCUT2D eigenvalue weighted by atomic mass is 10.3. The van der Waals surface area contributed by atoms with Crippen molar-refractivity contribution in [2.75, 3.05) is 19.7 Å². The minimum Gasteiger partial charge on any atom is -0.396 e. The first kappa shape index (κ1) is 13.8. The van der Waals surface area contributed by atoms with Crippen LogP contribution >= 0.6 is 0 Å². The van der Waals surface area contributed by atoms with Crippen LogP contribution in [-0.2, 0) is 0 Å². The van der Waals surface area contributed by atoms with E-state index in [9.17, 15) is 5.11 Å². The summed E-state index contributed by atoms with van der Waals surface area (Å²) < 4.78 is 0. The van der Waals surface area contributed by atoms with Gasteiger partial charge in [-0.05, 0) is 25.8 Å². The maximum Gasteiger partial charge on any atom is 0.106 e. The molecule has 0 saturated carbocycles. The highest BCUT2D eigenvalue weighted by Gasteiger charge is 2.03. The minimum atomic E-state index is -0.571. The summed E-state index contributed by atoms with van der Waals surface area (Å²) in [7, 11) is 0. The van der Waals surface area contributed by atoms with E-state index < -0.39 is 12.5 Å². The Kier molecular flexibility index (Phi) is 9.23. The zero-order chi connectivity index (χ0) is 10.8. The predicted octanol–water partition coefficient (Wildman–Crippen LogP) is -1.02. The van der Waals surface area contributed by atoms with Gasteiger partial charge in [-0.1, -0.05) is 6.92 Å². The van der Waals surface area contributed by atoms with E-state index in [1.165, 1.54) is 0 Å². The van der Waals surface area contributed by atoms with E-state index >= 15 is 0 Å². The van der Waals surface area contributed by atoms with Gasteiger partial charge in [0.2, 0.25) is 0 Å². The van der Waals surface area contributed by atoms with Gasteiger partial charge in [0.05, 0.1) is 0 Å². The summed E-state index contributed by atoms with van der Waals surface area (Å²) in [6.07, 6.45) is 0.788. The van der Waals surface area contributed by atoms with Crippen LogP contribution in [0.15, 0.2) is 0 Å². The van der Waals surface area contributed by atoms with Gasteiger partial charge in [-0.2, -0.15) is 0 Å². The van der Waals surface area contributed by atoms with Gasteiger partial charge >= 0.3 is 0 Å². The summed E-state index contributed by atoms with van der Waals surface area (Å²) in [6.45, 7) is 3.19. The Morgan fingerprint density at radius 2 is 1.71 bits per heavy atom. The van der Waals surface area contributed by atoms with E-state index in [1.54, 1.807) is 0 Å². The van der Waals surface area contributed by atoms with Crippen molar-refractivity contribution in [3.05, 3.63) is 0 Å². The zero-order valence-electron chi connectivity index (χ0n) is 8.74. The summed E-state index contributed by atoms with van der Waals surface area (Å²) in [5, 5.41) is 32.7. The van der Waals surface area contributed by atoms with Crippen molar-refractivity contribution in [1.82, 2.24) is 10.6 Å². The molecule has 0 aromatic carbocycles. The molecule has 5 N–H and O–H groups in total. The van der Waals surface area contributed by atoms with Crippen LogP contribution in [0, 0.1) is 0 Å². The molecule has 0 aliphatic rings. The van der Waals surface area contributed by atoms with Gasteiger partial charge in [-0.3, -0.25) is 10.6 Å². The van der Waals surface area contributed by atoms with Gasteiger partial charge in [0, 0.05) is 13.2 Å². The summed E-state index contributed by atoms with van der Waals surface area (Å²) in [5.41, 5.74) is 0. The standard InChI is InChI=1S/C9H22N2O3/c1-2-8(13)11-6-4-9(14)10-5-3-7-12/h8-14H,2-7H2,1H3. The van der Waals surface area contributed by atoms with Crippen LogP contribution in [-0.4, -0.2) is 47.5 Å². The Bertz CT molecular complexity index is 125. The molecule has 2 atom stereocenters. The van der Waals surface area contributed by atoms with Gasteiger partial charge in [0.1, 0.15) is 12.5 Å². The molecule has 5 heteroatoms. The molecular weight excluding hydrogens is 184 g/mol. The molecule has 0 heterocycles. The fourth-order valence-corrected chi connectivity index (χ4v) is 0.981. The second-order valence-electron chi connectivity index (χ2n) is 3.21. The Hall–Kier alpha value is -0.200. The first-order chi connectivity index (χ1) is 6.70. The molecule has 0 saturated heterocycles. The lowest BCUT2D eigenvalue weighted by molar-refractivity contribution is 0.102. The van der Waals surface area contributed by atoms with Gasteiger partial charge in [0.15, 0.2) is 0 Å². The minimum absolute atomic E-state index is 0.131. The van der Waals surface area contributed by atoms with E-state index in [0.29, 0.717) is 32.4 Å². The highest BCUT2D eigenvalue weighted by atomic mass is 16.3. The SMILES string of the molecule is CCC(O)NCCC(O)NCCCO. The quantitative estimate of drug-likeness (QED) is 0.246. The molecule has 0 aromatic rings. The van der Waals surface area contributed by atoms with Crippen LogP contribution in [0.2, 0.25) is 0 Å². The van der Waals surface area contributed by atoms with Crippen molar-refractivity contribution in [1.29, 1.82) is 0 Å². The third-order valence-corrected chi connectivity index (χ3v) is 1.90. The average Bonchev–Trinajstić information content (AvgIpc) is 2.18. The zero-order valence-corrected chi connectivity index (χ0v) is 8.74. The molecule has 0 amide bonds. The fraction of sp³-hybridized carbons (Fsp3) is 1.00. The normalized spacial score (nSPS) is 15.4. The maximum absolute atomic E-state index is 9.35. The molecule has 14 heavy (non-hydrogen) atoms. The average molecular weight is 206 g/mol. The van der Waals surface area contributed by atoms with Gasteiger partial charge in [-0.25, -0.2) is 0 Å². The van der Waals surface area contributed by atoms with E-state index in [2.05, 4.69) is 10.6 Å². The van der Waals surface area contributed by atoms with Crippen LogP contribution in [0.1, 0.15) is 26.2 Å². The Labute approximate surface area is 85.1 Å². The van der Waals surface area contributed by atoms with Crippen molar-refractivity contribution in [3.63, 3.8) is 0 Å². The molecule has 0 rings (SSSR count). The molecular formula is C9H22N2O3. The van der Waals surface area contributed by atoms with E-state index in [-0.39, 0.29) is 6.61 Å². The molecule has 0 aliphatic heterocycles. The van der Waals surface area contributed by atoms with E-state index in [4.69, 9.17) is 10.2 Å². The van der Waals surface area contributed by atoms with Crippen LogP contribution in [0.25, 0.3) is 0 Å². The van der Waals surface area contributed by atoms with E-state index in [1.807, 2.05) is 6.92 Å². The molecule has 5 nitrogen and oxygen atoms in total. The molecule has 86 valence electrons. The van der Waals surface area contributed by atoms with Gasteiger partial charge in [0.25, 0.3) is 0 Å². The summed E-state index contributed by atoms with van der Waals surface area (Å²) >= 11 is 0. The fourth-order valence-electron chi connectivity index (χ4n) is 0.981. The summed E-state index contributed by atoms with van der Waals surface area (Å²) in [6, 6.07) is 0. The maximum atomic E-state index is 9.35. The van der Waals surface area contributed by atoms with Crippen LogP contribution in [0.4, 0.5) is 0 Å². The third kappa shape index (κ3) is 8.40. The third-order valence-electron chi connectivity index (χ3n) is 1.90. The second kappa shape index (κ2) is 9.36. The monoisotopic (exact) mass is 206 g/mol.